The van der Waals surface area contributed by atoms with Gasteiger partial charge >= 0.3 is 0 Å². The predicted molar refractivity (Wildman–Crippen MR) is 90.9 cm³/mol. The van der Waals surface area contributed by atoms with Crippen LogP contribution in [0.2, 0.25) is 0 Å². The summed E-state index contributed by atoms with van der Waals surface area (Å²) in [5, 5.41) is 0. The lowest BCUT2D eigenvalue weighted by Gasteiger charge is -2.14. The molecule has 0 amide bonds. The number of halogens is 1. The molecule has 108 valence electrons. The Hall–Kier alpha value is -2.67. The van der Waals surface area contributed by atoms with E-state index in [1.165, 1.54) is 23.3 Å². The molecule has 1 heteroatoms. The lowest BCUT2D eigenvalue weighted by atomic mass is 9.90. The Balaban J connectivity index is 2.21. The molecule has 0 fully saturated rings. The van der Waals surface area contributed by atoms with Crippen molar-refractivity contribution in [3.05, 3.63) is 107 Å². The number of hydrogen-bond donors (Lipinski definition) is 0. The standard InChI is InChI=1S/C21H17F/c1-16(17-8-4-2-5-9-17)21(18-10-6-3-7-11-18)19-12-14-20(22)15-13-19/h2-15H,1H3/b21-16+. The fraction of sp³-hybridized carbons (Fsp3) is 0.0476. The van der Waals surface area contributed by atoms with E-state index in [0.29, 0.717) is 0 Å². The average molecular weight is 288 g/mol. The van der Waals surface area contributed by atoms with Crippen LogP contribution in [0.3, 0.4) is 0 Å². The maximum absolute atomic E-state index is 13.3. The van der Waals surface area contributed by atoms with E-state index in [1.807, 2.05) is 48.5 Å². The Morgan fingerprint density at radius 3 is 1.59 bits per heavy atom. The van der Waals surface area contributed by atoms with E-state index in [1.54, 1.807) is 0 Å². The zero-order valence-electron chi connectivity index (χ0n) is 12.5. The van der Waals surface area contributed by atoms with Crippen molar-refractivity contribution in [2.75, 3.05) is 0 Å². The van der Waals surface area contributed by atoms with Crippen LogP contribution in [0, 0.1) is 5.82 Å². The van der Waals surface area contributed by atoms with Crippen molar-refractivity contribution in [1.82, 2.24) is 0 Å². The van der Waals surface area contributed by atoms with Crippen LogP contribution in [-0.2, 0) is 0 Å². The van der Waals surface area contributed by atoms with Gasteiger partial charge in [-0.05, 0) is 46.9 Å². The number of hydrogen-bond acceptors (Lipinski definition) is 0. The molecule has 3 aromatic carbocycles. The Morgan fingerprint density at radius 2 is 1.05 bits per heavy atom. The second-order valence-corrected chi connectivity index (χ2v) is 5.24. The van der Waals surface area contributed by atoms with Crippen molar-refractivity contribution in [3.63, 3.8) is 0 Å². The van der Waals surface area contributed by atoms with E-state index in [9.17, 15) is 4.39 Å². The van der Waals surface area contributed by atoms with Crippen LogP contribution in [0.4, 0.5) is 4.39 Å². The first-order chi connectivity index (χ1) is 10.8. The minimum atomic E-state index is -0.214. The van der Waals surface area contributed by atoms with E-state index in [0.717, 1.165) is 16.7 Å². The van der Waals surface area contributed by atoms with Gasteiger partial charge in [-0.3, -0.25) is 0 Å². The highest BCUT2D eigenvalue weighted by Crippen LogP contribution is 2.31. The molecule has 0 atom stereocenters. The van der Waals surface area contributed by atoms with Crippen LogP contribution in [0.15, 0.2) is 84.9 Å². The highest BCUT2D eigenvalue weighted by atomic mass is 19.1. The fourth-order valence-electron chi connectivity index (χ4n) is 2.65. The first-order valence-corrected chi connectivity index (χ1v) is 7.33. The summed E-state index contributed by atoms with van der Waals surface area (Å²) < 4.78 is 13.3. The number of allylic oxidation sites excluding steroid dienone is 1. The molecule has 0 unspecified atom stereocenters. The summed E-state index contributed by atoms with van der Waals surface area (Å²) in [5.74, 6) is -0.214. The molecular weight excluding hydrogens is 271 g/mol. The van der Waals surface area contributed by atoms with Gasteiger partial charge in [0.25, 0.3) is 0 Å². The van der Waals surface area contributed by atoms with Crippen molar-refractivity contribution >= 4 is 11.1 Å². The van der Waals surface area contributed by atoms with Gasteiger partial charge in [-0.15, -0.1) is 0 Å². The third-order valence-electron chi connectivity index (χ3n) is 3.78. The molecule has 0 nitrogen and oxygen atoms in total. The smallest absolute Gasteiger partial charge is 0.123 e. The van der Waals surface area contributed by atoms with Gasteiger partial charge in [0.15, 0.2) is 0 Å². The predicted octanol–water partition coefficient (Wildman–Crippen LogP) is 5.80. The lowest BCUT2D eigenvalue weighted by molar-refractivity contribution is 0.627. The van der Waals surface area contributed by atoms with Crippen LogP contribution in [0.25, 0.3) is 11.1 Å². The molecule has 0 aliphatic heterocycles. The van der Waals surface area contributed by atoms with Crippen molar-refractivity contribution in [3.8, 4) is 0 Å². The molecule has 0 saturated carbocycles. The van der Waals surface area contributed by atoms with Crippen molar-refractivity contribution < 1.29 is 4.39 Å². The van der Waals surface area contributed by atoms with Crippen LogP contribution in [0.5, 0.6) is 0 Å². The Kier molecular flexibility index (Phi) is 4.15. The average Bonchev–Trinajstić information content (AvgIpc) is 2.58. The quantitative estimate of drug-likeness (QED) is 0.534. The van der Waals surface area contributed by atoms with Crippen LogP contribution in [-0.4, -0.2) is 0 Å². The zero-order chi connectivity index (χ0) is 15.4. The summed E-state index contributed by atoms with van der Waals surface area (Å²) in [7, 11) is 0. The molecule has 0 aliphatic carbocycles. The van der Waals surface area contributed by atoms with Gasteiger partial charge in [0.05, 0.1) is 0 Å². The third-order valence-corrected chi connectivity index (χ3v) is 3.78. The minimum Gasteiger partial charge on any atom is -0.207 e. The number of rotatable bonds is 3. The molecule has 0 radical (unpaired) electrons. The van der Waals surface area contributed by atoms with Crippen molar-refractivity contribution in [2.24, 2.45) is 0 Å². The molecule has 0 heterocycles. The molecule has 0 aliphatic rings. The highest BCUT2D eigenvalue weighted by Gasteiger charge is 2.10. The monoisotopic (exact) mass is 288 g/mol. The Bertz CT molecular complexity index is 769. The van der Waals surface area contributed by atoms with Gasteiger partial charge < -0.3 is 0 Å². The number of benzene rings is 3. The summed E-state index contributed by atoms with van der Waals surface area (Å²) >= 11 is 0. The second-order valence-electron chi connectivity index (χ2n) is 5.24. The SMILES string of the molecule is C/C(=C(/c1ccccc1)c1ccc(F)cc1)c1ccccc1. The normalized spacial score (nSPS) is 11.9. The van der Waals surface area contributed by atoms with E-state index < -0.39 is 0 Å². The van der Waals surface area contributed by atoms with Crippen LogP contribution < -0.4 is 0 Å². The van der Waals surface area contributed by atoms with E-state index >= 15 is 0 Å². The molecule has 3 rings (SSSR count). The third kappa shape index (κ3) is 2.99. The largest absolute Gasteiger partial charge is 0.207 e. The van der Waals surface area contributed by atoms with Gasteiger partial charge in [-0.25, -0.2) is 4.39 Å². The van der Waals surface area contributed by atoms with Gasteiger partial charge in [0.2, 0.25) is 0 Å². The molecule has 0 saturated heterocycles. The van der Waals surface area contributed by atoms with E-state index in [-0.39, 0.29) is 5.82 Å². The topological polar surface area (TPSA) is 0 Å². The maximum Gasteiger partial charge on any atom is 0.123 e. The fourth-order valence-corrected chi connectivity index (χ4v) is 2.65. The first kappa shape index (κ1) is 14.3. The Labute approximate surface area is 130 Å². The van der Waals surface area contributed by atoms with E-state index in [2.05, 4.69) is 31.2 Å². The summed E-state index contributed by atoms with van der Waals surface area (Å²) in [5.41, 5.74) is 5.64. The van der Waals surface area contributed by atoms with E-state index in [4.69, 9.17) is 0 Å². The molecule has 0 aromatic heterocycles. The highest BCUT2D eigenvalue weighted by molar-refractivity contribution is 5.97. The molecule has 0 bridgehead atoms. The molecule has 22 heavy (non-hydrogen) atoms. The first-order valence-electron chi connectivity index (χ1n) is 7.33. The second kappa shape index (κ2) is 6.40. The van der Waals surface area contributed by atoms with Gasteiger partial charge in [-0.1, -0.05) is 72.8 Å². The Morgan fingerprint density at radius 1 is 0.591 bits per heavy atom. The maximum atomic E-state index is 13.3. The molecule has 0 spiro atoms. The zero-order valence-corrected chi connectivity index (χ0v) is 12.5. The van der Waals surface area contributed by atoms with Gasteiger partial charge in [0.1, 0.15) is 5.82 Å². The van der Waals surface area contributed by atoms with Crippen LogP contribution >= 0.6 is 0 Å². The van der Waals surface area contributed by atoms with Gasteiger partial charge in [0, 0.05) is 0 Å². The van der Waals surface area contributed by atoms with Gasteiger partial charge in [-0.2, -0.15) is 0 Å². The molecule has 3 aromatic rings. The molecule has 0 N–H and O–H groups in total. The minimum absolute atomic E-state index is 0.214. The summed E-state index contributed by atoms with van der Waals surface area (Å²) in [4.78, 5) is 0. The van der Waals surface area contributed by atoms with Crippen molar-refractivity contribution in [1.29, 1.82) is 0 Å². The van der Waals surface area contributed by atoms with Crippen LogP contribution in [0.1, 0.15) is 23.6 Å². The lowest BCUT2D eigenvalue weighted by Crippen LogP contribution is -1.93. The van der Waals surface area contributed by atoms with Crippen molar-refractivity contribution in [2.45, 2.75) is 6.92 Å². The summed E-state index contributed by atoms with van der Waals surface area (Å²) in [6.07, 6.45) is 0. The molecular formula is C21H17F. The summed E-state index contributed by atoms with van der Waals surface area (Å²) in [6, 6.07) is 27.2. The summed E-state index contributed by atoms with van der Waals surface area (Å²) in [6.45, 7) is 2.11.